The molecule has 31 heavy (non-hydrogen) atoms. The zero-order chi connectivity index (χ0) is 19.9. The van der Waals surface area contributed by atoms with Gasteiger partial charge in [0.25, 0.3) is 0 Å². The molecule has 0 spiro atoms. The third kappa shape index (κ3) is 3.93. The summed E-state index contributed by atoms with van der Waals surface area (Å²) in [5, 5.41) is 0. The van der Waals surface area contributed by atoms with E-state index in [1.807, 2.05) is 55.6 Å². The Bertz CT molecular complexity index is 638. The van der Waals surface area contributed by atoms with Gasteiger partial charge in [0.1, 0.15) is 0 Å². The first-order valence-corrected chi connectivity index (χ1v) is 13.5. The van der Waals surface area contributed by atoms with Gasteiger partial charge in [0.05, 0.1) is 0 Å². The third-order valence-electron chi connectivity index (χ3n) is 9.16. The maximum Gasteiger partial charge on any atom is 0 e. The molecule has 0 radical (unpaired) electrons. The van der Waals surface area contributed by atoms with Gasteiger partial charge in [-0.25, -0.2) is 0 Å². The smallest absolute Gasteiger partial charge is 0 e. The largest absolute Gasteiger partial charge is 0.192 e. The van der Waals surface area contributed by atoms with Gasteiger partial charge in [-0.3, -0.25) is 0 Å². The zero-order valence-corrected chi connectivity index (χ0v) is 20.6. The molecule has 0 nitrogen and oxygen atoms in total. The van der Waals surface area contributed by atoms with Crippen LogP contribution in [0.2, 0.25) is 0 Å². The van der Waals surface area contributed by atoms with Crippen molar-refractivity contribution in [1.82, 2.24) is 0 Å². The van der Waals surface area contributed by atoms with E-state index in [4.69, 9.17) is 0 Å². The molecule has 0 fully saturated rings. The Morgan fingerprint density at radius 3 is 0.903 bits per heavy atom. The van der Waals surface area contributed by atoms with Gasteiger partial charge in [0.2, 0.25) is 0 Å². The fourth-order valence-corrected chi connectivity index (χ4v) is 7.86. The van der Waals surface area contributed by atoms with E-state index < -0.39 is 0 Å². The molecule has 5 aliphatic carbocycles. The summed E-state index contributed by atoms with van der Waals surface area (Å²) >= 11 is 0. The fourth-order valence-electron chi connectivity index (χ4n) is 7.86. The minimum atomic E-state index is 0. The summed E-state index contributed by atoms with van der Waals surface area (Å²) < 4.78 is 0. The van der Waals surface area contributed by atoms with Crippen LogP contribution in [0.3, 0.4) is 0 Å². The Hall–Kier alpha value is -0.781. The van der Waals surface area contributed by atoms with Gasteiger partial charge in [-0.05, 0) is 0 Å². The van der Waals surface area contributed by atoms with Crippen molar-refractivity contribution in [1.29, 1.82) is 0 Å². The molecule has 0 N–H and O–H groups in total. The van der Waals surface area contributed by atoms with Crippen molar-refractivity contribution in [2.75, 3.05) is 0 Å². The van der Waals surface area contributed by atoms with E-state index in [2.05, 4.69) is 0 Å². The first kappa shape index (κ1) is 22.0. The third-order valence-corrected chi connectivity index (χ3v) is 9.16. The average molecular weight is 456 g/mol. The van der Waals surface area contributed by atoms with Gasteiger partial charge in [0, 0.05) is 17.1 Å². The van der Waals surface area contributed by atoms with Crippen molar-refractivity contribution < 1.29 is 17.1 Å². The Kier molecular flexibility index (Phi) is 6.83. The summed E-state index contributed by atoms with van der Waals surface area (Å²) in [6.07, 6.45) is 27.9. The SMILES string of the molecule is C1CCc2c3c4[c-]5c2CCCCc2c(c([c-](c2CCCC5)CCCC4)CCCC3)C1.[Fe]. The van der Waals surface area contributed by atoms with E-state index >= 15 is 0 Å². The summed E-state index contributed by atoms with van der Waals surface area (Å²) in [5.41, 5.74) is 18.7. The van der Waals surface area contributed by atoms with Crippen LogP contribution in [0.25, 0.3) is 0 Å². The summed E-state index contributed by atoms with van der Waals surface area (Å²) in [6.45, 7) is 0. The molecule has 0 atom stereocenters. The summed E-state index contributed by atoms with van der Waals surface area (Å²) in [4.78, 5) is 0. The van der Waals surface area contributed by atoms with Crippen LogP contribution in [-0.2, 0) is 81.3 Å². The summed E-state index contributed by atoms with van der Waals surface area (Å²) in [5.74, 6) is 0. The van der Waals surface area contributed by atoms with E-state index in [9.17, 15) is 0 Å². The van der Waals surface area contributed by atoms with Crippen LogP contribution in [0.15, 0.2) is 0 Å². The Labute approximate surface area is 200 Å². The minimum Gasteiger partial charge on any atom is -0.192 e. The quantitative estimate of drug-likeness (QED) is 0.290. The number of hydrogen-bond donors (Lipinski definition) is 0. The molecule has 0 aromatic heterocycles. The van der Waals surface area contributed by atoms with Crippen LogP contribution in [0.4, 0.5) is 0 Å². The van der Waals surface area contributed by atoms with Crippen LogP contribution >= 0.6 is 0 Å². The van der Waals surface area contributed by atoms with E-state index in [1.54, 1.807) is 0 Å². The van der Waals surface area contributed by atoms with Gasteiger partial charge in [0.15, 0.2) is 0 Å². The van der Waals surface area contributed by atoms with Crippen molar-refractivity contribution in [3.63, 3.8) is 0 Å². The van der Waals surface area contributed by atoms with E-state index in [0.29, 0.717) is 0 Å². The molecule has 0 saturated carbocycles. The van der Waals surface area contributed by atoms with Gasteiger partial charge in [-0.1, -0.05) is 128 Å². The van der Waals surface area contributed by atoms with E-state index in [-0.39, 0.29) is 17.1 Å². The van der Waals surface area contributed by atoms with Crippen molar-refractivity contribution >= 4 is 0 Å². The molecule has 0 amide bonds. The number of rotatable bonds is 0. The van der Waals surface area contributed by atoms with Gasteiger partial charge in [-0.2, -0.15) is 55.6 Å². The molecule has 0 unspecified atom stereocenters. The van der Waals surface area contributed by atoms with Crippen LogP contribution in [0, 0.1) is 0 Å². The second-order valence-corrected chi connectivity index (χ2v) is 10.8. The first-order chi connectivity index (χ1) is 14.9. The minimum absolute atomic E-state index is 0. The molecule has 0 heterocycles. The molecule has 2 aromatic rings. The predicted octanol–water partition coefficient (Wildman–Crippen LogP) is 7.20. The van der Waals surface area contributed by atoms with Crippen molar-refractivity contribution in [2.45, 2.75) is 128 Å². The number of fused-ring (bicyclic) bond motifs is 15. The van der Waals surface area contributed by atoms with Crippen LogP contribution in [0.5, 0.6) is 0 Å². The molecule has 170 valence electrons. The topological polar surface area (TPSA) is 0 Å². The number of hydrogen-bond acceptors (Lipinski definition) is 0. The van der Waals surface area contributed by atoms with Crippen molar-refractivity contribution in [3.05, 3.63) is 55.6 Å². The van der Waals surface area contributed by atoms with E-state index in [0.717, 1.165) is 0 Å². The molecule has 0 saturated heterocycles. The molecule has 2 aromatic carbocycles. The summed E-state index contributed by atoms with van der Waals surface area (Å²) in [6, 6.07) is 0. The van der Waals surface area contributed by atoms with Gasteiger partial charge >= 0.3 is 0 Å². The Balaban J connectivity index is 0.00000204. The normalized spacial score (nSPS) is 21.3. The summed E-state index contributed by atoms with van der Waals surface area (Å²) in [7, 11) is 0. The first-order valence-electron chi connectivity index (χ1n) is 13.5. The van der Waals surface area contributed by atoms with Crippen LogP contribution in [0.1, 0.15) is 120 Å². The van der Waals surface area contributed by atoms with E-state index in [1.165, 1.54) is 128 Å². The second kappa shape index (κ2) is 9.60. The standard InChI is InChI=1S/C30H40.Fe/c1-2-12-22-25-15-5-3-13-23-21(11-1)24-14-4-6-16-26(22)30-20-10-8-18-28(24)27(23)17-7-9-19-29(25)30;/h1-20H2;/q-2;. The molecule has 7 rings (SSSR count). The fraction of sp³-hybridized carbons (Fsp3) is 0.667. The molecule has 0 aliphatic heterocycles. The monoisotopic (exact) mass is 456 g/mol. The Morgan fingerprint density at radius 1 is 0.323 bits per heavy atom. The van der Waals surface area contributed by atoms with Crippen molar-refractivity contribution in [2.24, 2.45) is 0 Å². The maximum absolute atomic E-state index is 1.87. The van der Waals surface area contributed by atoms with Gasteiger partial charge in [-0.15, -0.1) is 0 Å². The van der Waals surface area contributed by atoms with Crippen molar-refractivity contribution in [3.8, 4) is 0 Å². The molecule has 5 aliphatic rings. The van der Waals surface area contributed by atoms with Gasteiger partial charge < -0.3 is 0 Å². The average Bonchev–Trinajstić information content (AvgIpc) is 3.12. The Morgan fingerprint density at radius 2 is 0.581 bits per heavy atom. The molecule has 1 heteroatoms. The maximum atomic E-state index is 1.87. The van der Waals surface area contributed by atoms with Crippen LogP contribution in [-0.4, -0.2) is 0 Å². The van der Waals surface area contributed by atoms with Crippen LogP contribution < -0.4 is 0 Å². The predicted molar refractivity (Wildman–Crippen MR) is 127 cm³/mol. The molecular formula is C30H40Fe-2. The zero-order valence-electron chi connectivity index (χ0n) is 19.5. The second-order valence-electron chi connectivity index (χ2n) is 10.8. The molecular weight excluding hydrogens is 416 g/mol. The molecule has 10 bridgehead atoms.